The van der Waals surface area contributed by atoms with Crippen LogP contribution in [0.15, 0.2) is 34.5 Å². The summed E-state index contributed by atoms with van der Waals surface area (Å²) in [5.41, 5.74) is 0.490. The molecule has 0 saturated carbocycles. The van der Waals surface area contributed by atoms with E-state index >= 15 is 0 Å². The van der Waals surface area contributed by atoms with E-state index in [2.05, 4.69) is 15.5 Å². The highest BCUT2D eigenvalue weighted by molar-refractivity contribution is 6.34. The van der Waals surface area contributed by atoms with Crippen LogP contribution >= 0.6 is 23.2 Å². The number of hydrogen-bond acceptors (Lipinski definition) is 8. The number of benzene rings is 2. The highest BCUT2D eigenvalue weighted by Crippen LogP contribution is 2.42. The average molecular weight is 526 g/mol. The molecule has 0 aliphatic heterocycles. The number of carbonyl (C=O) groups excluding carboxylic acids is 2. The number of rotatable bonds is 13. The van der Waals surface area contributed by atoms with E-state index < -0.39 is 17.7 Å². The largest absolute Gasteiger partial charge is 0.494 e. The second-order valence-corrected chi connectivity index (χ2v) is 7.74. The molecule has 0 aliphatic rings. The molecule has 0 radical (unpaired) electrons. The van der Waals surface area contributed by atoms with E-state index in [1.807, 2.05) is 13.8 Å². The van der Waals surface area contributed by atoms with Gasteiger partial charge in [0.1, 0.15) is 22.2 Å². The van der Waals surface area contributed by atoms with Gasteiger partial charge in [-0.3, -0.25) is 9.59 Å². The molecule has 0 aromatic heterocycles. The molecule has 1 amide bonds. The van der Waals surface area contributed by atoms with Crippen LogP contribution in [-0.2, 0) is 9.59 Å². The first-order valence-corrected chi connectivity index (χ1v) is 11.9. The number of amides is 1. The first-order valence-electron chi connectivity index (χ1n) is 11.2. The predicted octanol–water partition coefficient (Wildman–Crippen LogP) is 6.27. The molecule has 9 nitrogen and oxygen atoms in total. The Morgan fingerprint density at radius 3 is 2.14 bits per heavy atom. The number of ether oxygens (including phenoxy) is 4. The van der Waals surface area contributed by atoms with Gasteiger partial charge in [-0.25, -0.2) is 0 Å². The van der Waals surface area contributed by atoms with Crippen molar-refractivity contribution in [1.29, 1.82) is 0 Å². The van der Waals surface area contributed by atoms with Gasteiger partial charge >= 0.3 is 0 Å². The quantitative estimate of drug-likeness (QED) is 0.244. The number of nitrogens with one attached hydrogen (secondary N) is 1. The van der Waals surface area contributed by atoms with Gasteiger partial charge in [0.25, 0.3) is 5.91 Å². The van der Waals surface area contributed by atoms with Crippen molar-refractivity contribution in [2.24, 2.45) is 10.2 Å². The fourth-order valence-electron chi connectivity index (χ4n) is 3.00. The van der Waals surface area contributed by atoms with Gasteiger partial charge in [-0.1, -0.05) is 23.2 Å². The summed E-state index contributed by atoms with van der Waals surface area (Å²) < 4.78 is 22.1. The lowest BCUT2D eigenvalue weighted by molar-refractivity contribution is -0.126. The van der Waals surface area contributed by atoms with Crippen molar-refractivity contribution >= 4 is 46.3 Å². The molecule has 0 heterocycles. The molecule has 1 N–H and O–H groups in total. The van der Waals surface area contributed by atoms with Crippen LogP contribution in [0.4, 0.5) is 11.4 Å². The van der Waals surface area contributed by atoms with E-state index in [0.717, 1.165) is 0 Å². The van der Waals surface area contributed by atoms with Crippen LogP contribution in [0.1, 0.15) is 34.6 Å². The van der Waals surface area contributed by atoms with E-state index in [1.54, 1.807) is 38.1 Å². The van der Waals surface area contributed by atoms with Gasteiger partial charge in [0, 0.05) is 12.1 Å². The van der Waals surface area contributed by atoms with Gasteiger partial charge in [-0.2, -0.15) is 10.2 Å². The number of nitrogens with zero attached hydrogens (tertiary/aromatic N) is 2. The molecule has 0 aliphatic carbocycles. The Labute approximate surface area is 214 Å². The Morgan fingerprint density at radius 2 is 1.54 bits per heavy atom. The van der Waals surface area contributed by atoms with E-state index in [-0.39, 0.29) is 32.9 Å². The van der Waals surface area contributed by atoms with Crippen molar-refractivity contribution in [3.8, 4) is 23.0 Å². The summed E-state index contributed by atoms with van der Waals surface area (Å²) in [4.78, 5) is 25.3. The van der Waals surface area contributed by atoms with Crippen molar-refractivity contribution in [2.45, 2.75) is 40.7 Å². The molecule has 0 saturated heterocycles. The third-order valence-electron chi connectivity index (χ3n) is 4.42. The van der Waals surface area contributed by atoms with Gasteiger partial charge in [-0.15, -0.1) is 0 Å². The molecule has 2 aromatic rings. The molecular formula is C24H29Cl2N3O6. The number of hydrogen-bond donors (Lipinski definition) is 1. The number of halogens is 2. The number of azo groups is 1. The van der Waals surface area contributed by atoms with E-state index in [0.29, 0.717) is 37.9 Å². The summed E-state index contributed by atoms with van der Waals surface area (Å²) in [5.74, 6) is 0.103. The lowest BCUT2D eigenvalue weighted by atomic mass is 10.2. The van der Waals surface area contributed by atoms with E-state index in [4.69, 9.17) is 42.1 Å². The highest BCUT2D eigenvalue weighted by atomic mass is 35.5. The molecule has 190 valence electrons. The van der Waals surface area contributed by atoms with Gasteiger partial charge in [0.15, 0.2) is 17.3 Å². The predicted molar refractivity (Wildman–Crippen MR) is 135 cm³/mol. The Hall–Kier alpha value is -3.04. The normalized spacial score (nSPS) is 11.7. The molecule has 0 fully saturated rings. The minimum absolute atomic E-state index is 0.220. The van der Waals surface area contributed by atoms with Gasteiger partial charge in [-0.05, 0) is 46.8 Å². The minimum atomic E-state index is -1.45. The average Bonchev–Trinajstić information content (AvgIpc) is 2.80. The van der Waals surface area contributed by atoms with Crippen LogP contribution in [0.25, 0.3) is 0 Å². The molecule has 2 aromatic carbocycles. The summed E-state index contributed by atoms with van der Waals surface area (Å²) in [6, 6.07) is 4.89. The molecule has 1 atom stereocenters. The van der Waals surface area contributed by atoms with Gasteiger partial charge in [0.05, 0.1) is 37.1 Å². The zero-order valence-corrected chi connectivity index (χ0v) is 21.8. The fraction of sp³-hybridized carbons (Fsp3) is 0.417. The zero-order valence-electron chi connectivity index (χ0n) is 20.3. The molecule has 0 spiro atoms. The van der Waals surface area contributed by atoms with E-state index in [1.165, 1.54) is 6.92 Å². The Kier molecular flexibility index (Phi) is 11.1. The zero-order chi connectivity index (χ0) is 26.0. The lowest BCUT2D eigenvalue weighted by Crippen LogP contribution is -2.32. The van der Waals surface area contributed by atoms with Crippen LogP contribution in [0.3, 0.4) is 0 Å². The molecular weight excluding hydrogens is 497 g/mol. The Morgan fingerprint density at radius 1 is 0.914 bits per heavy atom. The second-order valence-electron chi connectivity index (χ2n) is 6.96. The van der Waals surface area contributed by atoms with Crippen molar-refractivity contribution in [3.63, 3.8) is 0 Å². The molecule has 0 bridgehead atoms. The third kappa shape index (κ3) is 7.47. The van der Waals surface area contributed by atoms with Crippen molar-refractivity contribution < 1.29 is 28.5 Å². The van der Waals surface area contributed by atoms with Gasteiger partial charge in [0.2, 0.25) is 6.04 Å². The van der Waals surface area contributed by atoms with Crippen LogP contribution in [0.2, 0.25) is 10.0 Å². The molecule has 2 rings (SSSR count). The summed E-state index contributed by atoms with van der Waals surface area (Å²) in [6.07, 6.45) is 0. The maximum atomic E-state index is 13.0. The lowest BCUT2D eigenvalue weighted by Gasteiger charge is -2.16. The summed E-state index contributed by atoms with van der Waals surface area (Å²) >= 11 is 12.7. The first kappa shape index (κ1) is 28.2. The minimum Gasteiger partial charge on any atom is -0.494 e. The Balaban J connectivity index is 2.39. The maximum absolute atomic E-state index is 13.0. The van der Waals surface area contributed by atoms with Crippen molar-refractivity contribution in [3.05, 3.63) is 34.3 Å². The number of ketones is 1. The van der Waals surface area contributed by atoms with Crippen LogP contribution < -0.4 is 24.3 Å². The van der Waals surface area contributed by atoms with E-state index in [9.17, 15) is 9.59 Å². The summed E-state index contributed by atoms with van der Waals surface area (Å²) in [5, 5.41) is 11.2. The standard InChI is InChI=1S/C24H29Cl2N3O6/c1-6-32-15-12-16(25)22(34-8-3)18(13-15)27-24(31)21(14(5)30)29-28-17-10-11-19(33-7-2)20(26)23(17)35-9-4/h10-13,21H,6-9H2,1-5H3,(H,27,31). The van der Waals surface area contributed by atoms with Crippen LogP contribution in [0, 0.1) is 0 Å². The fourth-order valence-corrected chi connectivity index (χ4v) is 3.53. The number of anilines is 1. The molecule has 35 heavy (non-hydrogen) atoms. The molecule has 1 unspecified atom stereocenters. The highest BCUT2D eigenvalue weighted by Gasteiger charge is 2.26. The number of carbonyl (C=O) groups is 2. The van der Waals surface area contributed by atoms with Gasteiger partial charge < -0.3 is 24.3 Å². The summed E-state index contributed by atoms with van der Waals surface area (Å²) in [7, 11) is 0. The third-order valence-corrected chi connectivity index (χ3v) is 5.06. The van der Waals surface area contributed by atoms with Crippen molar-refractivity contribution in [2.75, 3.05) is 31.7 Å². The molecule has 11 heteroatoms. The summed E-state index contributed by atoms with van der Waals surface area (Å²) in [6.45, 7) is 9.89. The van der Waals surface area contributed by atoms with Crippen molar-refractivity contribution in [1.82, 2.24) is 0 Å². The maximum Gasteiger partial charge on any atom is 0.258 e. The topological polar surface area (TPSA) is 108 Å². The smallest absolute Gasteiger partial charge is 0.258 e. The SMILES string of the molecule is CCOc1cc(Cl)c(OCC)c(NC(=O)C(N=Nc2ccc(OCC)c(Cl)c2OCC)C(C)=O)c1. The second kappa shape index (κ2) is 13.7. The number of Topliss-reactive ketones (excluding diaryl/α,β-unsaturated/α-hetero) is 1. The first-order chi connectivity index (χ1) is 16.8. The monoisotopic (exact) mass is 525 g/mol. The van der Waals surface area contributed by atoms with Crippen LogP contribution in [-0.4, -0.2) is 44.2 Å². The van der Waals surface area contributed by atoms with Crippen LogP contribution in [0.5, 0.6) is 23.0 Å². The Bertz CT molecular complexity index is 1080.